The van der Waals surface area contributed by atoms with Crippen molar-refractivity contribution in [2.75, 3.05) is 0 Å². The van der Waals surface area contributed by atoms with Crippen molar-refractivity contribution in [1.82, 2.24) is 14.8 Å². The molecule has 4 heteroatoms. The predicted octanol–water partition coefficient (Wildman–Crippen LogP) is 2.20. The summed E-state index contributed by atoms with van der Waals surface area (Å²) in [6.07, 6.45) is 7.13. The van der Waals surface area contributed by atoms with E-state index in [2.05, 4.69) is 28.4 Å². The monoisotopic (exact) mass is 212 g/mol. The normalized spacial score (nSPS) is 11.7. The summed E-state index contributed by atoms with van der Waals surface area (Å²) >= 11 is 0. The van der Waals surface area contributed by atoms with Crippen LogP contribution in [0.1, 0.15) is 5.56 Å². The van der Waals surface area contributed by atoms with Crippen molar-refractivity contribution < 1.29 is 0 Å². The van der Waals surface area contributed by atoms with Crippen molar-refractivity contribution in [2.45, 2.75) is 0 Å². The van der Waals surface area contributed by atoms with Crippen LogP contribution in [0.3, 0.4) is 0 Å². The topological polar surface area (TPSA) is 43.1 Å². The molecule has 0 aliphatic rings. The van der Waals surface area contributed by atoms with E-state index in [1.807, 2.05) is 19.3 Å². The Morgan fingerprint density at radius 3 is 3.06 bits per heavy atom. The van der Waals surface area contributed by atoms with Crippen molar-refractivity contribution in [3.05, 3.63) is 42.8 Å². The third kappa shape index (κ3) is 1.77. The van der Waals surface area contributed by atoms with Crippen molar-refractivity contribution in [3.8, 4) is 0 Å². The molecule has 4 nitrogen and oxygen atoms in total. The highest BCUT2D eigenvalue weighted by Gasteiger charge is 2.03. The number of nitrogens with zero attached hydrogens (tertiary/aromatic N) is 4. The summed E-state index contributed by atoms with van der Waals surface area (Å²) in [6.45, 7) is 7.17. The number of hydrogen-bond donors (Lipinski definition) is 0. The Morgan fingerprint density at radius 1 is 1.56 bits per heavy atom. The van der Waals surface area contributed by atoms with Gasteiger partial charge in [-0.3, -0.25) is 9.67 Å². The van der Waals surface area contributed by atoms with Crippen molar-refractivity contribution in [3.63, 3.8) is 0 Å². The number of hydrogen-bond acceptors (Lipinski definition) is 3. The van der Waals surface area contributed by atoms with E-state index >= 15 is 0 Å². The SMILES string of the molecule is C=C/C=C(\N=C)c1cnc2nn(C)cc2c1. The van der Waals surface area contributed by atoms with E-state index in [0.29, 0.717) is 0 Å². The van der Waals surface area contributed by atoms with Crippen LogP contribution in [-0.2, 0) is 7.05 Å². The van der Waals surface area contributed by atoms with Crippen LogP contribution in [0.4, 0.5) is 0 Å². The molecule has 0 unspecified atom stereocenters. The van der Waals surface area contributed by atoms with Crippen molar-refractivity contribution in [1.29, 1.82) is 0 Å². The van der Waals surface area contributed by atoms with E-state index in [0.717, 1.165) is 22.3 Å². The first-order chi connectivity index (χ1) is 7.74. The molecular weight excluding hydrogens is 200 g/mol. The predicted molar refractivity (Wildman–Crippen MR) is 66.2 cm³/mol. The quantitative estimate of drug-likeness (QED) is 0.578. The summed E-state index contributed by atoms with van der Waals surface area (Å²) in [6, 6.07) is 1.99. The molecule has 0 aliphatic carbocycles. The Bertz CT molecular complexity index is 578. The number of aromatic nitrogens is 3. The average Bonchev–Trinajstić information content (AvgIpc) is 2.64. The van der Waals surface area contributed by atoms with Crippen LogP contribution >= 0.6 is 0 Å². The standard InChI is InChI=1S/C12H12N4/c1-4-5-11(13-2)9-6-10-8-16(3)15-12(10)14-7-9/h4-8H,1-2H2,3H3/b11-5-. The summed E-state index contributed by atoms with van der Waals surface area (Å²) in [5, 5.41) is 5.19. The molecule has 0 spiro atoms. The molecule has 16 heavy (non-hydrogen) atoms. The zero-order chi connectivity index (χ0) is 11.5. The molecule has 0 bridgehead atoms. The third-order valence-corrected chi connectivity index (χ3v) is 2.22. The maximum absolute atomic E-state index is 4.26. The summed E-state index contributed by atoms with van der Waals surface area (Å²) in [5.74, 6) is 0. The molecule has 2 aromatic rings. The third-order valence-electron chi connectivity index (χ3n) is 2.22. The Kier molecular flexibility index (Phi) is 2.64. The molecule has 0 aliphatic heterocycles. The molecule has 2 heterocycles. The largest absolute Gasteiger partial charge is 0.273 e. The molecule has 2 aromatic heterocycles. The van der Waals surface area contributed by atoms with Gasteiger partial charge in [0.05, 0.1) is 5.70 Å². The minimum atomic E-state index is 0.730. The fourth-order valence-corrected chi connectivity index (χ4v) is 1.52. The lowest BCUT2D eigenvalue weighted by molar-refractivity contribution is 0.776. The van der Waals surface area contributed by atoms with E-state index in [1.165, 1.54) is 0 Å². The first-order valence-electron chi connectivity index (χ1n) is 4.84. The van der Waals surface area contributed by atoms with E-state index in [-0.39, 0.29) is 0 Å². The lowest BCUT2D eigenvalue weighted by Gasteiger charge is -1.99. The molecule has 0 saturated carbocycles. The number of aryl methyl sites for hydroxylation is 1. The Labute approximate surface area is 93.6 Å². The first kappa shape index (κ1) is 10.3. The second kappa shape index (κ2) is 4.10. The molecule has 0 amide bonds. The lowest BCUT2D eigenvalue weighted by Crippen LogP contribution is -1.86. The summed E-state index contributed by atoms with van der Waals surface area (Å²) in [4.78, 5) is 8.19. The van der Waals surface area contributed by atoms with Crippen LogP contribution in [0, 0.1) is 0 Å². The molecule has 80 valence electrons. The van der Waals surface area contributed by atoms with E-state index in [1.54, 1.807) is 23.0 Å². The minimum Gasteiger partial charge on any atom is -0.273 e. The molecule has 0 N–H and O–H groups in total. The molecular formula is C12H12N4. The smallest absolute Gasteiger partial charge is 0.181 e. The lowest BCUT2D eigenvalue weighted by atomic mass is 10.2. The maximum atomic E-state index is 4.26. The second-order valence-corrected chi connectivity index (χ2v) is 3.39. The average molecular weight is 212 g/mol. The fourth-order valence-electron chi connectivity index (χ4n) is 1.52. The van der Waals surface area contributed by atoms with Gasteiger partial charge in [-0.05, 0) is 18.9 Å². The Morgan fingerprint density at radius 2 is 2.38 bits per heavy atom. The summed E-state index contributed by atoms with van der Waals surface area (Å²) < 4.78 is 1.74. The summed E-state index contributed by atoms with van der Waals surface area (Å²) in [7, 11) is 1.87. The zero-order valence-corrected chi connectivity index (χ0v) is 9.09. The molecule has 0 fully saturated rings. The van der Waals surface area contributed by atoms with Crippen LogP contribution < -0.4 is 0 Å². The number of fused-ring (bicyclic) bond motifs is 1. The Hall–Kier alpha value is -2.23. The highest BCUT2D eigenvalue weighted by molar-refractivity contribution is 5.80. The van der Waals surface area contributed by atoms with Crippen LogP contribution in [-0.4, -0.2) is 21.5 Å². The number of pyridine rings is 1. The van der Waals surface area contributed by atoms with Gasteiger partial charge in [-0.25, -0.2) is 4.98 Å². The van der Waals surface area contributed by atoms with Crippen molar-refractivity contribution in [2.24, 2.45) is 12.0 Å². The number of allylic oxidation sites excluding steroid dienone is 2. The molecule has 0 aromatic carbocycles. The van der Waals surface area contributed by atoms with Crippen molar-refractivity contribution >= 4 is 23.4 Å². The van der Waals surface area contributed by atoms with E-state index < -0.39 is 0 Å². The van der Waals surface area contributed by atoms with Gasteiger partial charge in [-0.15, -0.1) is 0 Å². The van der Waals surface area contributed by atoms with Crippen LogP contribution in [0.15, 0.2) is 42.2 Å². The molecule has 0 atom stereocenters. The van der Waals surface area contributed by atoms with E-state index in [9.17, 15) is 0 Å². The van der Waals surface area contributed by atoms with Crippen LogP contribution in [0.2, 0.25) is 0 Å². The van der Waals surface area contributed by atoms with Gasteiger partial charge in [0, 0.05) is 30.4 Å². The summed E-state index contributed by atoms with van der Waals surface area (Å²) in [5.41, 5.74) is 2.40. The van der Waals surface area contributed by atoms with Gasteiger partial charge in [0.15, 0.2) is 5.65 Å². The van der Waals surface area contributed by atoms with Gasteiger partial charge in [0.25, 0.3) is 0 Å². The minimum absolute atomic E-state index is 0.730. The first-order valence-corrected chi connectivity index (χ1v) is 4.84. The van der Waals surface area contributed by atoms with Gasteiger partial charge in [0.1, 0.15) is 0 Å². The zero-order valence-electron chi connectivity index (χ0n) is 9.09. The van der Waals surface area contributed by atoms with Gasteiger partial charge < -0.3 is 0 Å². The number of aliphatic imine (C=N–C) groups is 1. The molecule has 0 radical (unpaired) electrons. The maximum Gasteiger partial charge on any atom is 0.181 e. The molecule has 0 saturated heterocycles. The van der Waals surface area contributed by atoms with Gasteiger partial charge in [0.2, 0.25) is 0 Å². The highest BCUT2D eigenvalue weighted by Crippen LogP contribution is 2.18. The van der Waals surface area contributed by atoms with Gasteiger partial charge in [-0.2, -0.15) is 5.10 Å². The van der Waals surface area contributed by atoms with Gasteiger partial charge >= 0.3 is 0 Å². The van der Waals surface area contributed by atoms with Gasteiger partial charge in [-0.1, -0.05) is 12.7 Å². The highest BCUT2D eigenvalue weighted by atomic mass is 15.3. The molecule has 2 rings (SSSR count). The van der Waals surface area contributed by atoms with Crippen LogP contribution in [0.25, 0.3) is 16.7 Å². The second-order valence-electron chi connectivity index (χ2n) is 3.39. The van der Waals surface area contributed by atoms with E-state index in [4.69, 9.17) is 0 Å². The Balaban J connectivity index is 2.57. The van der Waals surface area contributed by atoms with Crippen LogP contribution in [0.5, 0.6) is 0 Å². The number of rotatable bonds is 3. The fraction of sp³-hybridized carbons (Fsp3) is 0.0833.